The van der Waals surface area contributed by atoms with E-state index in [0.717, 1.165) is 18.8 Å². The van der Waals surface area contributed by atoms with Gasteiger partial charge in [0.25, 0.3) is 0 Å². The Bertz CT molecular complexity index is 80.2. The van der Waals surface area contributed by atoms with Crippen molar-refractivity contribution in [1.29, 1.82) is 0 Å². The van der Waals surface area contributed by atoms with E-state index in [0.29, 0.717) is 0 Å². The summed E-state index contributed by atoms with van der Waals surface area (Å²) < 4.78 is 5.30. The highest BCUT2D eigenvalue weighted by Crippen LogP contribution is 2.02. The monoisotopic (exact) mass is 163 g/mol. The van der Waals surface area contributed by atoms with E-state index >= 15 is 0 Å². The molecule has 0 aliphatic carbocycles. The van der Waals surface area contributed by atoms with Crippen LogP contribution in [-0.4, -0.2) is 24.3 Å². The molecule has 0 saturated heterocycles. The lowest BCUT2D eigenvalue weighted by Crippen LogP contribution is -2.35. The van der Waals surface area contributed by atoms with Crippen molar-refractivity contribution >= 4 is 11.8 Å². The van der Waals surface area contributed by atoms with Crippen molar-refractivity contribution in [1.82, 2.24) is 0 Å². The van der Waals surface area contributed by atoms with Crippen LogP contribution in [0.4, 0.5) is 0 Å². The Kier molecular flexibility index (Phi) is 5.13. The summed E-state index contributed by atoms with van der Waals surface area (Å²) in [5, 5.41) is 0. The third-order valence-electron chi connectivity index (χ3n) is 0.967. The lowest BCUT2D eigenvalue weighted by Gasteiger charge is -2.18. The molecule has 0 aromatic heterocycles. The Morgan fingerprint density at radius 2 is 2.10 bits per heavy atom. The molecule has 0 heterocycles. The Hall–Kier alpha value is 0.270. The van der Waals surface area contributed by atoms with Crippen LogP contribution in [0, 0.1) is 0 Å². The first-order valence-corrected chi connectivity index (χ1v) is 4.87. The van der Waals surface area contributed by atoms with Crippen LogP contribution >= 0.6 is 11.8 Å². The van der Waals surface area contributed by atoms with Crippen molar-refractivity contribution < 1.29 is 4.74 Å². The maximum Gasteiger partial charge on any atom is 0.111 e. The second kappa shape index (κ2) is 4.99. The van der Waals surface area contributed by atoms with E-state index in [1.54, 1.807) is 0 Å². The van der Waals surface area contributed by atoms with Crippen molar-refractivity contribution in [3.8, 4) is 0 Å². The zero-order valence-electron chi connectivity index (χ0n) is 7.02. The second-order valence-electron chi connectivity index (χ2n) is 2.80. The fourth-order valence-electron chi connectivity index (χ4n) is 0.538. The number of thioether (sulfide) groups is 1. The maximum atomic E-state index is 5.59. The van der Waals surface area contributed by atoms with Gasteiger partial charge >= 0.3 is 0 Å². The first kappa shape index (κ1) is 10.3. The van der Waals surface area contributed by atoms with Crippen molar-refractivity contribution in [3.05, 3.63) is 0 Å². The van der Waals surface area contributed by atoms with Crippen LogP contribution in [0.2, 0.25) is 0 Å². The first-order chi connectivity index (χ1) is 4.56. The van der Waals surface area contributed by atoms with Crippen molar-refractivity contribution in [2.24, 2.45) is 5.73 Å². The Morgan fingerprint density at radius 1 is 1.50 bits per heavy atom. The molecule has 0 amide bonds. The van der Waals surface area contributed by atoms with Crippen LogP contribution in [0.3, 0.4) is 0 Å². The Balaban J connectivity index is 3.04. The molecule has 0 bridgehead atoms. The van der Waals surface area contributed by atoms with Gasteiger partial charge in [0, 0.05) is 6.61 Å². The van der Waals surface area contributed by atoms with Gasteiger partial charge in [-0.25, -0.2) is 0 Å². The van der Waals surface area contributed by atoms with Gasteiger partial charge in [0.05, 0.1) is 0 Å². The van der Waals surface area contributed by atoms with Gasteiger partial charge in [-0.1, -0.05) is 0 Å². The van der Waals surface area contributed by atoms with Gasteiger partial charge in [0.15, 0.2) is 0 Å². The highest BCUT2D eigenvalue weighted by Gasteiger charge is 2.08. The molecule has 2 nitrogen and oxygen atoms in total. The molecule has 2 N–H and O–H groups in total. The second-order valence-corrected chi connectivity index (χ2v) is 3.78. The molecule has 0 atom stereocenters. The van der Waals surface area contributed by atoms with Gasteiger partial charge in [-0.05, 0) is 32.3 Å². The fraction of sp³-hybridized carbons (Fsp3) is 1.00. The van der Waals surface area contributed by atoms with Crippen LogP contribution in [0.5, 0.6) is 0 Å². The first-order valence-electron chi connectivity index (χ1n) is 3.48. The van der Waals surface area contributed by atoms with E-state index in [2.05, 4.69) is 6.26 Å². The largest absolute Gasteiger partial charge is 0.361 e. The lowest BCUT2D eigenvalue weighted by molar-refractivity contribution is -0.0116. The van der Waals surface area contributed by atoms with Gasteiger partial charge in [-0.15, -0.1) is 0 Å². The maximum absolute atomic E-state index is 5.59. The quantitative estimate of drug-likeness (QED) is 0.492. The van der Waals surface area contributed by atoms with E-state index in [4.69, 9.17) is 10.5 Å². The average molecular weight is 163 g/mol. The van der Waals surface area contributed by atoms with Crippen LogP contribution < -0.4 is 5.73 Å². The van der Waals surface area contributed by atoms with E-state index < -0.39 is 5.72 Å². The van der Waals surface area contributed by atoms with Crippen molar-refractivity contribution in [2.75, 3.05) is 18.6 Å². The van der Waals surface area contributed by atoms with Gasteiger partial charge < -0.3 is 10.5 Å². The van der Waals surface area contributed by atoms with Crippen molar-refractivity contribution in [2.45, 2.75) is 26.0 Å². The smallest absolute Gasteiger partial charge is 0.111 e. The Morgan fingerprint density at radius 3 is 2.50 bits per heavy atom. The SMILES string of the molecule is CSCCCOC(C)(C)N. The lowest BCUT2D eigenvalue weighted by atomic mass is 10.3. The summed E-state index contributed by atoms with van der Waals surface area (Å²) in [6.07, 6.45) is 3.18. The minimum atomic E-state index is -0.460. The summed E-state index contributed by atoms with van der Waals surface area (Å²) in [7, 11) is 0. The normalized spacial score (nSPS) is 12.0. The predicted octanol–water partition coefficient (Wildman–Crippen LogP) is 1.45. The number of nitrogens with two attached hydrogens (primary N) is 1. The Labute approximate surface area is 67.5 Å². The molecule has 0 fully saturated rings. The molecule has 0 aliphatic rings. The molecule has 62 valence electrons. The summed E-state index contributed by atoms with van der Waals surface area (Å²) in [6.45, 7) is 4.50. The van der Waals surface area contributed by atoms with Crippen LogP contribution in [-0.2, 0) is 4.74 Å². The van der Waals surface area contributed by atoms with E-state index in [-0.39, 0.29) is 0 Å². The number of ether oxygens (including phenoxy) is 1. The van der Waals surface area contributed by atoms with E-state index in [9.17, 15) is 0 Å². The summed E-state index contributed by atoms with van der Waals surface area (Å²) in [5.74, 6) is 1.15. The molecular weight excluding hydrogens is 146 g/mol. The van der Waals surface area contributed by atoms with Gasteiger partial charge in [0.2, 0.25) is 0 Å². The molecule has 0 aromatic rings. The highest BCUT2D eigenvalue weighted by atomic mass is 32.2. The molecule has 3 heteroatoms. The number of rotatable bonds is 5. The number of hydrogen-bond acceptors (Lipinski definition) is 3. The predicted molar refractivity (Wildman–Crippen MR) is 47.2 cm³/mol. The summed E-state index contributed by atoms with van der Waals surface area (Å²) in [4.78, 5) is 0. The molecule has 0 saturated carbocycles. The van der Waals surface area contributed by atoms with Gasteiger partial charge in [-0.2, -0.15) is 11.8 Å². The standard InChI is InChI=1S/C7H17NOS/c1-7(2,8)9-5-4-6-10-3/h4-6,8H2,1-3H3. The summed E-state index contributed by atoms with van der Waals surface area (Å²) in [6, 6.07) is 0. The highest BCUT2D eigenvalue weighted by molar-refractivity contribution is 7.98. The molecule has 10 heavy (non-hydrogen) atoms. The van der Waals surface area contributed by atoms with Gasteiger partial charge in [-0.3, -0.25) is 0 Å². The van der Waals surface area contributed by atoms with Crippen molar-refractivity contribution in [3.63, 3.8) is 0 Å². The molecule has 0 rings (SSSR count). The summed E-state index contributed by atoms with van der Waals surface area (Å²) >= 11 is 1.83. The average Bonchev–Trinajstić information content (AvgIpc) is 1.78. The summed E-state index contributed by atoms with van der Waals surface area (Å²) in [5.41, 5.74) is 5.13. The molecule has 0 unspecified atom stereocenters. The minimum absolute atomic E-state index is 0.460. The molecule has 0 spiro atoms. The number of hydrogen-bond donors (Lipinski definition) is 1. The molecular formula is C7H17NOS. The molecule has 0 aromatic carbocycles. The van der Waals surface area contributed by atoms with Crippen LogP contribution in [0.15, 0.2) is 0 Å². The van der Waals surface area contributed by atoms with Crippen LogP contribution in [0.25, 0.3) is 0 Å². The molecule has 0 radical (unpaired) electrons. The van der Waals surface area contributed by atoms with E-state index in [1.807, 2.05) is 25.6 Å². The van der Waals surface area contributed by atoms with Gasteiger partial charge in [0.1, 0.15) is 5.72 Å². The third-order valence-corrected chi connectivity index (χ3v) is 1.66. The molecule has 0 aliphatic heterocycles. The zero-order chi connectivity index (χ0) is 8.04. The zero-order valence-corrected chi connectivity index (χ0v) is 7.83. The third kappa shape index (κ3) is 8.27. The fourth-order valence-corrected chi connectivity index (χ4v) is 0.945. The minimum Gasteiger partial charge on any atom is -0.361 e. The van der Waals surface area contributed by atoms with Crippen LogP contribution in [0.1, 0.15) is 20.3 Å². The van der Waals surface area contributed by atoms with E-state index in [1.165, 1.54) is 0 Å². The topological polar surface area (TPSA) is 35.2 Å².